The van der Waals surface area contributed by atoms with Crippen LogP contribution in [0, 0.1) is 26.0 Å². The fourth-order valence-corrected chi connectivity index (χ4v) is 1.74. The van der Waals surface area contributed by atoms with Crippen LogP contribution in [0.15, 0.2) is 70.3 Å². The molecule has 35 heavy (non-hydrogen) atoms. The maximum atomic E-state index is 12.1. The largest absolute Gasteiger partial charge is 1.00 e. The molecule has 1 aromatic heterocycles. The van der Waals surface area contributed by atoms with Gasteiger partial charge in [-0.1, -0.05) is 0 Å². The number of nitro groups is 2. The standard InChI is InChI=1S/C7H5N5O2.C6H4FNO2.C2H3N3.CH2O3.2K.H/c13-12(14)7-3-1-6(2-4-7)11-9-5-8-10-11;7-5-1-3-6(4-2-5)8(9)10;1-2-4-5-3-1;2-1-4-3;;;/h1-5H;1-4H;1H,2H2;1,3H;;;/q;;;;2*+1;-1/p-1. The van der Waals surface area contributed by atoms with Crippen molar-refractivity contribution in [3.05, 3.63) is 80.9 Å². The quantitative estimate of drug-likeness (QED) is 0.101. The van der Waals surface area contributed by atoms with Crippen LogP contribution in [0.5, 0.6) is 0 Å². The molecule has 174 valence electrons. The van der Waals surface area contributed by atoms with Gasteiger partial charge in [0.25, 0.3) is 17.8 Å². The molecule has 0 fully saturated rings. The topological polar surface area (TPSA) is 216 Å². The maximum Gasteiger partial charge on any atom is 1.00 e. The Morgan fingerprint density at radius 2 is 1.51 bits per heavy atom. The molecule has 0 spiro atoms. The molecule has 16 nitrogen and oxygen atoms in total. The van der Waals surface area contributed by atoms with E-state index in [0.717, 1.165) is 24.3 Å². The minimum absolute atomic E-state index is 0. The van der Waals surface area contributed by atoms with Gasteiger partial charge in [0.05, 0.1) is 28.3 Å². The summed E-state index contributed by atoms with van der Waals surface area (Å²) in [5, 5.41) is 49.9. The normalized spacial score (nSPS) is 9.77. The number of nitrogens with zero attached hydrogens (tertiary/aromatic N) is 9. The fraction of sp³-hybridized carbons (Fsp3) is 0.0625. The van der Waals surface area contributed by atoms with Gasteiger partial charge in [-0.25, -0.2) is 4.39 Å². The fourth-order valence-electron chi connectivity index (χ4n) is 1.74. The minimum atomic E-state index is -0.570. The first kappa shape index (κ1) is 35.4. The van der Waals surface area contributed by atoms with Gasteiger partial charge in [0, 0.05) is 24.3 Å². The Hall–Kier alpha value is -1.79. The van der Waals surface area contributed by atoms with Gasteiger partial charge in [0.1, 0.15) is 5.82 Å². The number of carbonyl (C=O) groups is 1. The van der Waals surface area contributed by atoms with E-state index in [4.69, 9.17) is 10.1 Å². The van der Waals surface area contributed by atoms with Crippen LogP contribution in [-0.4, -0.2) is 49.3 Å². The monoisotopic (exact) mass is 541 g/mol. The van der Waals surface area contributed by atoms with Crippen molar-refractivity contribution in [3.63, 3.8) is 0 Å². The van der Waals surface area contributed by atoms with Crippen molar-refractivity contribution in [2.45, 2.75) is 0 Å². The van der Waals surface area contributed by atoms with Crippen LogP contribution in [0.4, 0.5) is 15.8 Å². The van der Waals surface area contributed by atoms with Crippen molar-refractivity contribution in [2.75, 3.05) is 6.54 Å². The molecule has 2 aromatic carbocycles. The van der Waals surface area contributed by atoms with E-state index >= 15 is 0 Å². The van der Waals surface area contributed by atoms with Crippen molar-refractivity contribution in [3.8, 4) is 5.69 Å². The molecule has 1 aliphatic rings. The predicted octanol–water partition coefficient (Wildman–Crippen LogP) is -4.70. The smallest absolute Gasteiger partial charge is 1.00 e. The molecule has 0 unspecified atom stereocenters. The number of hydrogen-bond donors (Lipinski definition) is 0. The number of aromatic nitrogens is 4. The summed E-state index contributed by atoms with van der Waals surface area (Å²) >= 11 is 0. The summed E-state index contributed by atoms with van der Waals surface area (Å²) in [6.07, 6.45) is 2.95. The summed E-state index contributed by atoms with van der Waals surface area (Å²) in [7, 11) is 0. The zero-order chi connectivity index (χ0) is 24.5. The van der Waals surface area contributed by atoms with E-state index < -0.39 is 15.7 Å². The van der Waals surface area contributed by atoms with Gasteiger partial charge in [-0.05, 0) is 34.7 Å². The molecule has 1 aliphatic heterocycles. The van der Waals surface area contributed by atoms with Crippen LogP contribution in [0.3, 0.4) is 0 Å². The molecule has 2 heterocycles. The molecule has 0 amide bonds. The number of non-ortho nitro benzene ring substituents is 2. The maximum absolute atomic E-state index is 12.1. The van der Waals surface area contributed by atoms with Crippen LogP contribution >= 0.6 is 0 Å². The van der Waals surface area contributed by atoms with E-state index in [0.29, 0.717) is 12.2 Å². The number of carbonyl (C=O) groups excluding carboxylic acids is 1. The third-order valence-electron chi connectivity index (χ3n) is 3.08. The van der Waals surface area contributed by atoms with Gasteiger partial charge in [-0.2, -0.15) is 5.11 Å². The first-order valence-electron chi connectivity index (χ1n) is 8.37. The van der Waals surface area contributed by atoms with Crippen LogP contribution in [0.1, 0.15) is 1.43 Å². The van der Waals surface area contributed by atoms with Crippen molar-refractivity contribution < 1.29 is 133 Å². The summed E-state index contributed by atoms with van der Waals surface area (Å²) in [6, 6.07) is 10.2. The Morgan fingerprint density at radius 1 is 1.00 bits per heavy atom. The molecule has 0 N–H and O–H groups in total. The molecule has 0 saturated carbocycles. The first-order valence-corrected chi connectivity index (χ1v) is 8.37. The second-order valence-electron chi connectivity index (χ2n) is 5.14. The summed E-state index contributed by atoms with van der Waals surface area (Å²) in [4.78, 5) is 31.9. The Morgan fingerprint density at radius 3 is 1.83 bits per heavy atom. The molecular weight excluding hydrogens is 527 g/mol. The van der Waals surface area contributed by atoms with Crippen LogP contribution < -0.4 is 108 Å². The zero-order valence-electron chi connectivity index (χ0n) is 19.3. The van der Waals surface area contributed by atoms with Crippen molar-refractivity contribution in [1.82, 2.24) is 20.2 Å². The Labute approximate surface area is 282 Å². The molecular formula is C16H14FK2N9O7. The number of halogens is 1. The first-order chi connectivity index (χ1) is 15.9. The van der Waals surface area contributed by atoms with Crippen molar-refractivity contribution >= 4 is 24.1 Å². The summed E-state index contributed by atoms with van der Waals surface area (Å²) < 4.78 is 12.1. The number of hydrogen-bond acceptors (Lipinski definition) is 13. The Bertz CT molecular complexity index is 1070. The van der Waals surface area contributed by atoms with E-state index in [2.05, 4.69) is 35.7 Å². The van der Waals surface area contributed by atoms with Gasteiger partial charge in [0.2, 0.25) is 0 Å². The van der Waals surface area contributed by atoms with Crippen molar-refractivity contribution in [1.29, 1.82) is 0 Å². The molecule has 0 aliphatic carbocycles. The number of tetrazole rings is 1. The van der Waals surface area contributed by atoms with Gasteiger partial charge >= 0.3 is 103 Å². The average Bonchev–Trinajstić information content (AvgIpc) is 3.57. The Kier molecular flexibility index (Phi) is 21.7. The van der Waals surface area contributed by atoms with E-state index in [-0.39, 0.29) is 122 Å². The minimum Gasteiger partial charge on any atom is -1.00 e. The predicted molar refractivity (Wildman–Crippen MR) is 105 cm³/mol. The van der Waals surface area contributed by atoms with Crippen LogP contribution in [0.25, 0.3) is 5.69 Å². The summed E-state index contributed by atoms with van der Waals surface area (Å²) in [5.41, 5.74) is 0.573. The van der Waals surface area contributed by atoms with Gasteiger partial charge in [-0.3, -0.25) is 25.0 Å². The second kappa shape index (κ2) is 21.5. The average molecular weight is 542 g/mol. The van der Waals surface area contributed by atoms with Crippen molar-refractivity contribution in [2.24, 2.45) is 15.4 Å². The summed E-state index contributed by atoms with van der Waals surface area (Å²) in [5.74, 6) is -0.467. The number of benzene rings is 2. The molecule has 0 bridgehead atoms. The molecule has 0 atom stereocenters. The van der Waals surface area contributed by atoms with E-state index in [1.54, 1.807) is 18.3 Å². The van der Waals surface area contributed by atoms with Gasteiger partial charge in [-0.15, -0.1) is 20.1 Å². The third kappa shape index (κ3) is 15.7. The van der Waals surface area contributed by atoms with E-state index in [1.807, 2.05) is 0 Å². The van der Waals surface area contributed by atoms with Gasteiger partial charge < -0.3 is 11.6 Å². The molecule has 19 heteroatoms. The molecule has 0 radical (unpaired) electrons. The zero-order valence-corrected chi connectivity index (χ0v) is 24.6. The van der Waals surface area contributed by atoms with Gasteiger partial charge in [0.15, 0.2) is 6.33 Å². The molecule has 0 saturated heterocycles. The molecule has 4 rings (SSSR count). The molecule has 3 aromatic rings. The summed E-state index contributed by atoms with van der Waals surface area (Å²) in [6.45, 7) is 0.486. The van der Waals surface area contributed by atoms with Crippen LogP contribution in [-0.2, 0) is 9.68 Å². The second-order valence-corrected chi connectivity index (χ2v) is 5.14. The van der Waals surface area contributed by atoms with E-state index in [9.17, 15) is 24.6 Å². The van der Waals surface area contributed by atoms with Crippen LogP contribution in [0.2, 0.25) is 0 Å². The third-order valence-corrected chi connectivity index (χ3v) is 3.08. The number of nitro benzene ring substituents is 2. The van der Waals surface area contributed by atoms with E-state index in [1.165, 1.54) is 23.3 Å². The Balaban J connectivity index is -0.000000436. The number of rotatable bonds is 4. The SMILES string of the molecule is C1=NN=NC1.O=CO[O-].O=[N+]([O-])c1ccc(-n2ncnn2)cc1.O=[N+]([O-])c1ccc(F)cc1.[H-].[K+].[K+].